The summed E-state index contributed by atoms with van der Waals surface area (Å²) < 4.78 is 5.32. The number of carboxylic acids is 1. The maximum atomic E-state index is 11.7. The average molecular weight is 399 g/mol. The molecule has 0 radical (unpaired) electrons. The lowest BCUT2D eigenvalue weighted by molar-refractivity contribution is -0.144. The standard InChI is InChI=1S/C24H46O4/c1-2-3-4-5-11-15-18-21-24(27)28-22-19-16-13-10-8-6-7-9-12-14-17-20-23(25)26/h2-22H2,1H3,(H,25,26). The number of carbonyl (C=O) groups is 2. The van der Waals surface area contributed by atoms with Gasteiger partial charge < -0.3 is 9.84 Å². The number of esters is 1. The van der Waals surface area contributed by atoms with Crippen molar-refractivity contribution in [3.8, 4) is 0 Å². The van der Waals surface area contributed by atoms with Gasteiger partial charge in [-0.15, -0.1) is 0 Å². The number of hydrogen-bond donors (Lipinski definition) is 1. The zero-order valence-electron chi connectivity index (χ0n) is 18.5. The van der Waals surface area contributed by atoms with Crippen LogP contribution in [0, 0.1) is 0 Å². The number of rotatable bonds is 22. The average Bonchev–Trinajstić information content (AvgIpc) is 2.67. The van der Waals surface area contributed by atoms with Gasteiger partial charge in [0.2, 0.25) is 0 Å². The number of ether oxygens (including phenoxy) is 1. The highest BCUT2D eigenvalue weighted by Gasteiger charge is 2.02. The van der Waals surface area contributed by atoms with Gasteiger partial charge in [-0.25, -0.2) is 0 Å². The van der Waals surface area contributed by atoms with Crippen LogP contribution in [0.3, 0.4) is 0 Å². The monoisotopic (exact) mass is 398 g/mol. The molecule has 28 heavy (non-hydrogen) atoms. The maximum absolute atomic E-state index is 11.7. The molecule has 0 heterocycles. The van der Waals surface area contributed by atoms with Crippen molar-refractivity contribution >= 4 is 11.9 Å². The second-order valence-electron chi connectivity index (χ2n) is 8.12. The molecule has 1 N–H and O–H groups in total. The first-order valence-electron chi connectivity index (χ1n) is 12.0. The smallest absolute Gasteiger partial charge is 0.305 e. The Labute approximate surface area is 173 Å². The summed E-state index contributed by atoms with van der Waals surface area (Å²) in [6.45, 7) is 2.82. The third-order valence-corrected chi connectivity index (χ3v) is 5.28. The van der Waals surface area contributed by atoms with Gasteiger partial charge in [0.25, 0.3) is 0 Å². The predicted octanol–water partition coefficient (Wildman–Crippen LogP) is 7.44. The molecule has 0 atom stereocenters. The summed E-state index contributed by atoms with van der Waals surface area (Å²) in [4.78, 5) is 22.1. The van der Waals surface area contributed by atoms with E-state index in [1.165, 1.54) is 70.6 Å². The van der Waals surface area contributed by atoms with E-state index in [9.17, 15) is 9.59 Å². The Kier molecular flexibility index (Phi) is 21.4. The molecular formula is C24H46O4. The molecule has 0 amide bonds. The fraction of sp³-hybridized carbons (Fsp3) is 0.917. The highest BCUT2D eigenvalue weighted by Crippen LogP contribution is 2.12. The van der Waals surface area contributed by atoms with Crippen molar-refractivity contribution in [1.82, 2.24) is 0 Å². The molecule has 4 heteroatoms. The van der Waals surface area contributed by atoms with E-state index >= 15 is 0 Å². The number of unbranched alkanes of at least 4 members (excludes halogenated alkanes) is 16. The predicted molar refractivity (Wildman–Crippen MR) is 117 cm³/mol. The van der Waals surface area contributed by atoms with Crippen molar-refractivity contribution in [1.29, 1.82) is 0 Å². The Balaban J connectivity index is 3.14. The van der Waals surface area contributed by atoms with Gasteiger partial charge in [-0.1, -0.05) is 103 Å². The second kappa shape index (κ2) is 22.2. The summed E-state index contributed by atoms with van der Waals surface area (Å²) in [7, 11) is 0. The molecule has 0 unspecified atom stereocenters. The van der Waals surface area contributed by atoms with Crippen molar-refractivity contribution in [2.24, 2.45) is 0 Å². The molecule has 0 saturated carbocycles. The molecule has 166 valence electrons. The Morgan fingerprint density at radius 2 is 0.964 bits per heavy atom. The molecule has 4 nitrogen and oxygen atoms in total. The van der Waals surface area contributed by atoms with Crippen LogP contribution in [-0.4, -0.2) is 23.7 Å². The van der Waals surface area contributed by atoms with Crippen LogP contribution in [0.25, 0.3) is 0 Å². The number of carboxylic acid groups (broad SMARTS) is 1. The summed E-state index contributed by atoms with van der Waals surface area (Å²) in [5.41, 5.74) is 0. The van der Waals surface area contributed by atoms with Gasteiger partial charge in [0.1, 0.15) is 0 Å². The van der Waals surface area contributed by atoms with E-state index in [-0.39, 0.29) is 5.97 Å². The van der Waals surface area contributed by atoms with Gasteiger partial charge in [-0.3, -0.25) is 9.59 Å². The van der Waals surface area contributed by atoms with Crippen LogP contribution in [0.1, 0.15) is 135 Å². The summed E-state index contributed by atoms with van der Waals surface area (Å²) in [6.07, 6.45) is 22.3. The minimum absolute atomic E-state index is 0.0167. The Bertz CT molecular complexity index is 355. The largest absolute Gasteiger partial charge is 0.481 e. The third kappa shape index (κ3) is 23.0. The lowest BCUT2D eigenvalue weighted by atomic mass is 10.1. The van der Waals surface area contributed by atoms with E-state index in [0.717, 1.165) is 44.9 Å². The van der Waals surface area contributed by atoms with Gasteiger partial charge in [-0.2, -0.15) is 0 Å². The van der Waals surface area contributed by atoms with Crippen LogP contribution < -0.4 is 0 Å². The van der Waals surface area contributed by atoms with E-state index in [1.54, 1.807) is 0 Å². The number of aliphatic carboxylic acids is 1. The fourth-order valence-electron chi connectivity index (χ4n) is 3.45. The fourth-order valence-corrected chi connectivity index (χ4v) is 3.45. The molecule has 0 aromatic heterocycles. The maximum Gasteiger partial charge on any atom is 0.305 e. The summed E-state index contributed by atoms with van der Waals surface area (Å²) >= 11 is 0. The molecule has 0 aliphatic carbocycles. The Morgan fingerprint density at radius 3 is 1.43 bits per heavy atom. The molecular weight excluding hydrogens is 352 g/mol. The van der Waals surface area contributed by atoms with Crippen molar-refractivity contribution in [3.63, 3.8) is 0 Å². The Hall–Kier alpha value is -1.06. The van der Waals surface area contributed by atoms with Crippen LogP contribution in [0.4, 0.5) is 0 Å². The van der Waals surface area contributed by atoms with E-state index in [0.29, 0.717) is 19.4 Å². The lowest BCUT2D eigenvalue weighted by Gasteiger charge is -2.05. The van der Waals surface area contributed by atoms with Crippen molar-refractivity contribution < 1.29 is 19.4 Å². The summed E-state index contributed by atoms with van der Waals surface area (Å²) in [6, 6.07) is 0. The lowest BCUT2D eigenvalue weighted by Crippen LogP contribution is -2.05. The first kappa shape index (κ1) is 26.9. The van der Waals surface area contributed by atoms with Gasteiger partial charge in [0.05, 0.1) is 6.61 Å². The third-order valence-electron chi connectivity index (χ3n) is 5.28. The highest BCUT2D eigenvalue weighted by molar-refractivity contribution is 5.69. The topological polar surface area (TPSA) is 63.6 Å². The molecule has 0 rings (SSSR count). The van der Waals surface area contributed by atoms with E-state index in [4.69, 9.17) is 9.84 Å². The van der Waals surface area contributed by atoms with Gasteiger partial charge in [0, 0.05) is 12.8 Å². The number of hydrogen-bond acceptors (Lipinski definition) is 3. The van der Waals surface area contributed by atoms with E-state index in [2.05, 4.69) is 6.92 Å². The van der Waals surface area contributed by atoms with Crippen molar-refractivity contribution in [3.05, 3.63) is 0 Å². The molecule has 0 aromatic rings. The minimum atomic E-state index is -0.678. The highest BCUT2D eigenvalue weighted by atomic mass is 16.5. The first-order chi connectivity index (χ1) is 13.7. The zero-order valence-corrected chi connectivity index (χ0v) is 18.5. The summed E-state index contributed by atoms with van der Waals surface area (Å²) in [5.74, 6) is -0.695. The molecule has 0 bridgehead atoms. The van der Waals surface area contributed by atoms with Gasteiger partial charge in [-0.05, 0) is 19.3 Å². The first-order valence-corrected chi connectivity index (χ1v) is 12.0. The normalized spacial score (nSPS) is 10.9. The molecule has 0 aliphatic heterocycles. The molecule has 0 spiro atoms. The number of carbonyl (C=O) groups excluding carboxylic acids is 1. The zero-order chi connectivity index (χ0) is 20.7. The Morgan fingerprint density at radius 1 is 0.571 bits per heavy atom. The van der Waals surface area contributed by atoms with Gasteiger partial charge in [0.15, 0.2) is 0 Å². The van der Waals surface area contributed by atoms with E-state index < -0.39 is 5.97 Å². The van der Waals surface area contributed by atoms with E-state index in [1.807, 2.05) is 0 Å². The molecule has 0 aliphatic rings. The molecule has 0 fully saturated rings. The molecule has 0 aromatic carbocycles. The van der Waals surface area contributed by atoms with Crippen LogP contribution in [-0.2, 0) is 14.3 Å². The van der Waals surface area contributed by atoms with Crippen LogP contribution in [0.15, 0.2) is 0 Å². The van der Waals surface area contributed by atoms with Gasteiger partial charge >= 0.3 is 11.9 Å². The molecule has 0 saturated heterocycles. The minimum Gasteiger partial charge on any atom is -0.481 e. The SMILES string of the molecule is CCCCCCCCCC(=O)OCCCCCCCCCCCCCC(=O)O. The second-order valence-corrected chi connectivity index (χ2v) is 8.12. The van der Waals surface area contributed by atoms with Crippen molar-refractivity contribution in [2.45, 2.75) is 135 Å². The quantitative estimate of drug-likeness (QED) is 0.152. The summed E-state index contributed by atoms with van der Waals surface area (Å²) in [5, 5.41) is 8.57. The van der Waals surface area contributed by atoms with Crippen LogP contribution in [0.5, 0.6) is 0 Å². The van der Waals surface area contributed by atoms with Crippen LogP contribution >= 0.6 is 0 Å². The van der Waals surface area contributed by atoms with Crippen molar-refractivity contribution in [2.75, 3.05) is 6.61 Å². The van der Waals surface area contributed by atoms with Crippen LogP contribution in [0.2, 0.25) is 0 Å².